The van der Waals surface area contributed by atoms with E-state index in [9.17, 15) is 9.59 Å². The van der Waals surface area contributed by atoms with Crippen LogP contribution in [-0.2, 0) is 6.54 Å². The zero-order valence-electron chi connectivity index (χ0n) is 17.4. The number of hydrogen-bond acceptors (Lipinski definition) is 3. The van der Waals surface area contributed by atoms with Gasteiger partial charge in [0.25, 0.3) is 5.91 Å². The Balaban J connectivity index is 1.72. The first-order valence-corrected chi connectivity index (χ1v) is 10.6. The zero-order valence-corrected chi connectivity index (χ0v) is 17.4. The molecule has 1 saturated carbocycles. The number of primary amides is 1. The van der Waals surface area contributed by atoms with Crippen molar-refractivity contribution >= 4 is 28.6 Å². The Bertz CT molecular complexity index is 1140. The van der Waals surface area contributed by atoms with Crippen molar-refractivity contribution in [2.24, 2.45) is 11.5 Å². The molecule has 1 aromatic heterocycles. The third kappa shape index (κ3) is 4.45. The summed E-state index contributed by atoms with van der Waals surface area (Å²) >= 11 is 0. The number of nitrogens with zero attached hydrogens (tertiary/aromatic N) is 1. The van der Waals surface area contributed by atoms with E-state index in [0.717, 1.165) is 42.1 Å². The lowest BCUT2D eigenvalue weighted by Gasteiger charge is -2.23. The van der Waals surface area contributed by atoms with Gasteiger partial charge in [-0.25, -0.2) is 0 Å². The van der Waals surface area contributed by atoms with Crippen molar-refractivity contribution in [3.05, 3.63) is 70.9 Å². The second-order valence-corrected chi connectivity index (χ2v) is 8.17. The molecule has 0 spiro atoms. The van der Waals surface area contributed by atoms with Crippen LogP contribution < -0.4 is 16.8 Å². The van der Waals surface area contributed by atoms with Crippen LogP contribution in [-0.4, -0.2) is 28.3 Å². The number of hydrogen-bond donors (Lipinski definition) is 4. The summed E-state index contributed by atoms with van der Waals surface area (Å²) in [5.74, 6) is -0.591. The van der Waals surface area contributed by atoms with Gasteiger partial charge in [0.1, 0.15) is 11.5 Å². The summed E-state index contributed by atoms with van der Waals surface area (Å²) in [6.07, 6.45) is 5.52. The van der Waals surface area contributed by atoms with Crippen LogP contribution in [0, 0.1) is 5.41 Å². The number of benzene rings is 2. The summed E-state index contributed by atoms with van der Waals surface area (Å²) in [5, 5.41) is 11.9. The van der Waals surface area contributed by atoms with Gasteiger partial charge in [-0.2, -0.15) is 0 Å². The Morgan fingerprint density at radius 3 is 2.29 bits per heavy atom. The number of rotatable bonds is 6. The molecule has 0 bridgehead atoms. The van der Waals surface area contributed by atoms with E-state index in [0.29, 0.717) is 23.4 Å². The molecule has 7 nitrogen and oxygen atoms in total. The van der Waals surface area contributed by atoms with E-state index in [-0.39, 0.29) is 17.8 Å². The molecule has 0 atom stereocenters. The molecule has 0 saturated heterocycles. The minimum atomic E-state index is -0.475. The standard InChI is InChI=1S/C24H27N5O2/c25-22(26)18-11-10-17-12-21(24(31)28-19-4-2-1-3-5-19)29(20(17)13-18)14-15-6-8-16(9-7-15)23(27)30/h6-13,19H,1-5,14H2,(H3,25,26)(H2,27,30)(H,28,31). The highest BCUT2D eigenvalue weighted by atomic mass is 16.2. The molecule has 7 heteroatoms. The topological polar surface area (TPSA) is 127 Å². The van der Waals surface area contributed by atoms with Gasteiger partial charge >= 0.3 is 0 Å². The van der Waals surface area contributed by atoms with Crippen molar-refractivity contribution in [3.8, 4) is 0 Å². The normalized spacial score (nSPS) is 14.5. The van der Waals surface area contributed by atoms with E-state index >= 15 is 0 Å². The van der Waals surface area contributed by atoms with E-state index in [2.05, 4.69) is 5.32 Å². The number of nitrogens with two attached hydrogens (primary N) is 2. The van der Waals surface area contributed by atoms with Crippen LogP contribution in [0.4, 0.5) is 0 Å². The van der Waals surface area contributed by atoms with Crippen LogP contribution in [0.15, 0.2) is 48.5 Å². The minimum Gasteiger partial charge on any atom is -0.384 e. The maximum atomic E-state index is 13.2. The second kappa shape index (κ2) is 8.63. The largest absolute Gasteiger partial charge is 0.384 e. The molecule has 0 aliphatic heterocycles. The SMILES string of the molecule is N=C(N)c1ccc2cc(C(=O)NC3CCCCC3)n(Cc3ccc(C(N)=O)cc3)c2c1. The summed E-state index contributed by atoms with van der Waals surface area (Å²) < 4.78 is 1.94. The van der Waals surface area contributed by atoms with Crippen molar-refractivity contribution < 1.29 is 9.59 Å². The van der Waals surface area contributed by atoms with Gasteiger partial charge in [-0.3, -0.25) is 15.0 Å². The Morgan fingerprint density at radius 2 is 1.65 bits per heavy atom. The van der Waals surface area contributed by atoms with Crippen LogP contribution in [0.1, 0.15) is 64.1 Å². The fourth-order valence-corrected chi connectivity index (χ4v) is 4.24. The molecular formula is C24H27N5O2. The molecular weight excluding hydrogens is 390 g/mol. The van der Waals surface area contributed by atoms with E-state index in [4.69, 9.17) is 16.9 Å². The zero-order chi connectivity index (χ0) is 22.0. The van der Waals surface area contributed by atoms with Crippen LogP contribution in [0.2, 0.25) is 0 Å². The minimum absolute atomic E-state index is 0.0198. The Hall–Kier alpha value is -3.61. The first-order chi connectivity index (χ1) is 14.9. The summed E-state index contributed by atoms with van der Waals surface area (Å²) in [6.45, 7) is 0.442. The number of amidine groups is 1. The number of nitrogens with one attached hydrogen (secondary N) is 2. The maximum absolute atomic E-state index is 13.2. The average Bonchev–Trinajstić information content (AvgIpc) is 3.12. The van der Waals surface area contributed by atoms with Crippen LogP contribution in [0.5, 0.6) is 0 Å². The van der Waals surface area contributed by atoms with Crippen molar-refractivity contribution in [2.75, 3.05) is 0 Å². The highest BCUT2D eigenvalue weighted by molar-refractivity contribution is 6.02. The molecule has 0 radical (unpaired) electrons. The van der Waals surface area contributed by atoms with Crippen molar-refractivity contribution in [2.45, 2.75) is 44.7 Å². The second-order valence-electron chi connectivity index (χ2n) is 8.17. The molecule has 31 heavy (non-hydrogen) atoms. The Kier molecular flexibility index (Phi) is 5.75. The molecule has 4 rings (SSSR count). The van der Waals surface area contributed by atoms with Crippen LogP contribution in [0.3, 0.4) is 0 Å². The third-order valence-corrected chi connectivity index (χ3v) is 5.97. The molecule has 1 aliphatic rings. The van der Waals surface area contributed by atoms with E-state index in [1.165, 1.54) is 6.42 Å². The summed E-state index contributed by atoms with van der Waals surface area (Å²) in [6, 6.07) is 14.7. The number of aromatic nitrogens is 1. The highest BCUT2D eigenvalue weighted by Gasteiger charge is 2.21. The smallest absolute Gasteiger partial charge is 0.268 e. The van der Waals surface area contributed by atoms with Crippen LogP contribution in [0.25, 0.3) is 10.9 Å². The molecule has 6 N–H and O–H groups in total. The number of fused-ring (bicyclic) bond motifs is 1. The summed E-state index contributed by atoms with van der Waals surface area (Å²) in [7, 11) is 0. The molecule has 2 amide bonds. The van der Waals surface area contributed by atoms with E-state index in [1.54, 1.807) is 18.2 Å². The molecule has 160 valence electrons. The number of amides is 2. The summed E-state index contributed by atoms with van der Waals surface area (Å²) in [4.78, 5) is 24.6. The predicted molar refractivity (Wildman–Crippen MR) is 121 cm³/mol. The van der Waals surface area contributed by atoms with Gasteiger partial charge in [0.15, 0.2) is 0 Å². The molecule has 1 aliphatic carbocycles. The average molecular weight is 418 g/mol. The number of nitrogen functional groups attached to an aromatic ring is 1. The van der Waals surface area contributed by atoms with Gasteiger partial charge in [0.2, 0.25) is 5.91 Å². The molecule has 1 fully saturated rings. The fraction of sp³-hybridized carbons (Fsp3) is 0.292. The predicted octanol–water partition coefficient (Wildman–Crippen LogP) is 3.14. The van der Waals surface area contributed by atoms with Crippen molar-refractivity contribution in [1.29, 1.82) is 5.41 Å². The molecule has 1 heterocycles. The quantitative estimate of drug-likeness (QED) is 0.363. The van der Waals surface area contributed by atoms with Crippen LogP contribution >= 0.6 is 0 Å². The fourth-order valence-electron chi connectivity index (χ4n) is 4.24. The van der Waals surface area contributed by atoms with Gasteiger partial charge in [-0.05, 0) is 42.7 Å². The lowest BCUT2D eigenvalue weighted by molar-refractivity contribution is 0.0918. The summed E-state index contributed by atoms with van der Waals surface area (Å²) in [5.41, 5.74) is 14.4. The molecule has 0 unspecified atom stereocenters. The van der Waals surface area contributed by atoms with E-state index in [1.807, 2.05) is 34.9 Å². The molecule has 2 aromatic carbocycles. The lowest BCUT2D eigenvalue weighted by Crippen LogP contribution is -2.37. The number of carbonyl (C=O) groups is 2. The van der Waals surface area contributed by atoms with Gasteiger partial charge in [0, 0.05) is 34.6 Å². The van der Waals surface area contributed by atoms with Gasteiger partial charge in [-0.15, -0.1) is 0 Å². The van der Waals surface area contributed by atoms with Gasteiger partial charge in [0.05, 0.1) is 0 Å². The number of carbonyl (C=O) groups excluding carboxylic acids is 2. The van der Waals surface area contributed by atoms with Gasteiger partial charge in [-0.1, -0.05) is 43.5 Å². The lowest BCUT2D eigenvalue weighted by atomic mass is 9.95. The Labute approximate surface area is 180 Å². The van der Waals surface area contributed by atoms with Crippen molar-refractivity contribution in [3.63, 3.8) is 0 Å². The molecule has 3 aromatic rings. The monoisotopic (exact) mass is 417 g/mol. The van der Waals surface area contributed by atoms with Gasteiger partial charge < -0.3 is 21.4 Å². The van der Waals surface area contributed by atoms with Crippen molar-refractivity contribution in [1.82, 2.24) is 9.88 Å². The first kappa shape index (κ1) is 20.7. The van der Waals surface area contributed by atoms with E-state index < -0.39 is 5.91 Å². The first-order valence-electron chi connectivity index (χ1n) is 10.6. The third-order valence-electron chi connectivity index (χ3n) is 5.97. The maximum Gasteiger partial charge on any atom is 0.268 e. The Morgan fingerprint density at radius 1 is 0.968 bits per heavy atom. The highest BCUT2D eigenvalue weighted by Crippen LogP contribution is 2.24.